The lowest BCUT2D eigenvalue weighted by Gasteiger charge is -2.38. The Labute approximate surface area is 230 Å². The van der Waals surface area contributed by atoms with Crippen LogP contribution < -0.4 is 14.5 Å². The molecule has 3 aromatic rings. The first-order valence-electron chi connectivity index (χ1n) is 12.3. The van der Waals surface area contributed by atoms with Gasteiger partial charge in [-0.25, -0.2) is 9.97 Å². The van der Waals surface area contributed by atoms with Crippen molar-refractivity contribution >= 4 is 46.5 Å². The van der Waals surface area contributed by atoms with Crippen molar-refractivity contribution in [2.24, 2.45) is 0 Å². The third-order valence-electron chi connectivity index (χ3n) is 7.09. The first kappa shape index (κ1) is 28.5. The normalized spacial score (nSPS) is 17.6. The number of piperazine rings is 2. The van der Waals surface area contributed by atoms with Crippen LogP contribution in [0.2, 0.25) is 5.02 Å². The zero-order valence-electron chi connectivity index (χ0n) is 21.3. The third-order valence-corrected chi connectivity index (χ3v) is 7.31. The zero-order chi connectivity index (χ0) is 26.2. The third kappa shape index (κ3) is 6.03. The number of aromatic amines is 1. The molecule has 1 N–H and O–H groups in total. The standard InChI is InChI=1S/C24H30ClF3N8O.ClH/c1-16-18(13-17(25)14-19(16)37-12-11-34-5-3-33(2)4-6-34)35-7-9-36(10-8-35)23-20-21(24(26,27)28)31-32-22(20)29-15-30-23;/h13-15H,3-12H2,1-2H3,(H,29,30,31,32);1H. The first-order valence-corrected chi connectivity index (χ1v) is 12.7. The van der Waals surface area contributed by atoms with Crippen LogP contribution in [0.15, 0.2) is 18.5 Å². The number of nitrogens with zero attached hydrogens (tertiary/aromatic N) is 7. The number of anilines is 2. The van der Waals surface area contributed by atoms with Crippen LogP contribution in [0.4, 0.5) is 24.7 Å². The van der Waals surface area contributed by atoms with Gasteiger partial charge in [0, 0.05) is 75.2 Å². The van der Waals surface area contributed by atoms with Gasteiger partial charge in [-0.3, -0.25) is 10.00 Å². The summed E-state index contributed by atoms with van der Waals surface area (Å²) in [4.78, 5) is 16.8. The highest BCUT2D eigenvalue weighted by atomic mass is 35.5. The van der Waals surface area contributed by atoms with Crippen molar-refractivity contribution in [3.8, 4) is 5.75 Å². The molecule has 2 aromatic heterocycles. The molecule has 0 radical (unpaired) electrons. The molecule has 0 amide bonds. The first-order chi connectivity index (χ1) is 17.7. The fourth-order valence-electron chi connectivity index (χ4n) is 4.92. The molecule has 5 rings (SSSR count). The molecule has 0 unspecified atom stereocenters. The molecule has 38 heavy (non-hydrogen) atoms. The second-order valence-corrected chi connectivity index (χ2v) is 9.94. The van der Waals surface area contributed by atoms with Gasteiger partial charge in [-0.1, -0.05) is 11.6 Å². The van der Waals surface area contributed by atoms with Crippen LogP contribution in [-0.4, -0.2) is 103 Å². The van der Waals surface area contributed by atoms with Crippen LogP contribution in [0.25, 0.3) is 11.0 Å². The number of alkyl halides is 3. The molecule has 1 aromatic carbocycles. The van der Waals surface area contributed by atoms with Gasteiger partial charge >= 0.3 is 6.18 Å². The molecule has 2 fully saturated rings. The van der Waals surface area contributed by atoms with E-state index in [-0.39, 0.29) is 29.3 Å². The van der Waals surface area contributed by atoms with Gasteiger partial charge in [0.1, 0.15) is 24.5 Å². The van der Waals surface area contributed by atoms with E-state index in [9.17, 15) is 13.2 Å². The van der Waals surface area contributed by atoms with Crippen molar-refractivity contribution in [1.82, 2.24) is 30.0 Å². The van der Waals surface area contributed by atoms with Crippen molar-refractivity contribution in [1.29, 1.82) is 0 Å². The maximum absolute atomic E-state index is 13.5. The van der Waals surface area contributed by atoms with Crippen molar-refractivity contribution in [3.05, 3.63) is 34.7 Å². The average molecular weight is 575 g/mol. The summed E-state index contributed by atoms with van der Waals surface area (Å²) in [5.41, 5.74) is 1.04. The highest BCUT2D eigenvalue weighted by molar-refractivity contribution is 6.31. The van der Waals surface area contributed by atoms with E-state index in [0.717, 1.165) is 49.7 Å². The van der Waals surface area contributed by atoms with Gasteiger partial charge in [-0.05, 0) is 26.1 Å². The van der Waals surface area contributed by atoms with E-state index in [0.29, 0.717) is 37.8 Å². The summed E-state index contributed by atoms with van der Waals surface area (Å²) in [6.07, 6.45) is -3.33. The lowest BCUT2D eigenvalue weighted by molar-refractivity contribution is -0.139. The zero-order valence-corrected chi connectivity index (χ0v) is 22.8. The number of fused-ring (bicyclic) bond motifs is 1. The van der Waals surface area contributed by atoms with Gasteiger partial charge in [0.05, 0.1) is 5.39 Å². The molecule has 9 nitrogen and oxygen atoms in total. The monoisotopic (exact) mass is 574 g/mol. The van der Waals surface area contributed by atoms with Crippen LogP contribution in [0, 0.1) is 6.92 Å². The maximum Gasteiger partial charge on any atom is 0.433 e. The van der Waals surface area contributed by atoms with Crippen LogP contribution in [0.3, 0.4) is 0 Å². The van der Waals surface area contributed by atoms with Crippen molar-refractivity contribution in [2.75, 3.05) is 82.4 Å². The quantitative estimate of drug-likeness (QED) is 0.477. The summed E-state index contributed by atoms with van der Waals surface area (Å²) in [7, 11) is 2.13. The van der Waals surface area contributed by atoms with E-state index in [2.05, 4.69) is 41.9 Å². The molecule has 2 aliphatic rings. The predicted octanol–water partition coefficient (Wildman–Crippen LogP) is 3.71. The van der Waals surface area contributed by atoms with Crippen molar-refractivity contribution in [3.63, 3.8) is 0 Å². The molecule has 208 valence electrons. The van der Waals surface area contributed by atoms with Gasteiger partial charge in [-0.15, -0.1) is 12.4 Å². The molecule has 4 heterocycles. The van der Waals surface area contributed by atoms with Gasteiger partial charge in [0.25, 0.3) is 0 Å². The Morgan fingerprint density at radius 1 is 1.00 bits per heavy atom. The molecule has 0 atom stereocenters. The number of H-pyrrole nitrogens is 1. The Morgan fingerprint density at radius 2 is 1.68 bits per heavy atom. The minimum atomic E-state index is -4.57. The number of ether oxygens (including phenoxy) is 1. The van der Waals surface area contributed by atoms with Crippen LogP contribution in [-0.2, 0) is 6.18 Å². The van der Waals surface area contributed by atoms with Crippen molar-refractivity contribution in [2.45, 2.75) is 13.1 Å². The van der Waals surface area contributed by atoms with Crippen LogP contribution in [0.1, 0.15) is 11.3 Å². The number of hydrogen-bond donors (Lipinski definition) is 1. The molecule has 0 bridgehead atoms. The molecule has 0 aliphatic carbocycles. The number of halogens is 5. The van der Waals surface area contributed by atoms with Crippen molar-refractivity contribution < 1.29 is 17.9 Å². The molecular weight excluding hydrogens is 544 g/mol. The largest absolute Gasteiger partial charge is 0.492 e. The number of rotatable bonds is 6. The second kappa shape index (κ2) is 11.7. The summed E-state index contributed by atoms with van der Waals surface area (Å²) < 4.78 is 46.7. The van der Waals surface area contributed by atoms with E-state index in [4.69, 9.17) is 16.3 Å². The average Bonchev–Trinajstić information content (AvgIpc) is 3.32. The van der Waals surface area contributed by atoms with Crippen LogP contribution in [0.5, 0.6) is 5.75 Å². The Morgan fingerprint density at radius 3 is 2.37 bits per heavy atom. The van der Waals surface area contributed by atoms with Crippen LogP contribution >= 0.6 is 24.0 Å². The topological polar surface area (TPSA) is 76.7 Å². The van der Waals surface area contributed by atoms with Gasteiger partial charge in [-0.2, -0.15) is 18.3 Å². The van der Waals surface area contributed by atoms with E-state index >= 15 is 0 Å². The summed E-state index contributed by atoms with van der Waals surface area (Å²) in [6, 6.07) is 3.76. The molecule has 0 saturated carbocycles. The predicted molar refractivity (Wildman–Crippen MR) is 144 cm³/mol. The Hall–Kier alpha value is -2.54. The number of likely N-dealkylation sites (N-methyl/N-ethyl adjacent to an activating group) is 1. The van der Waals surface area contributed by atoms with E-state index < -0.39 is 11.9 Å². The fraction of sp³-hybridized carbons (Fsp3) is 0.542. The molecule has 2 aliphatic heterocycles. The molecule has 2 saturated heterocycles. The summed E-state index contributed by atoms with van der Waals surface area (Å²) in [5.74, 6) is 0.992. The highest BCUT2D eigenvalue weighted by Gasteiger charge is 2.38. The Kier molecular flexibility index (Phi) is 8.75. The summed E-state index contributed by atoms with van der Waals surface area (Å²) in [6.45, 7) is 9.79. The molecular formula is C24H31Cl2F3N8O. The number of aromatic nitrogens is 4. The summed E-state index contributed by atoms with van der Waals surface area (Å²) in [5, 5.41) is 6.29. The smallest absolute Gasteiger partial charge is 0.433 e. The maximum atomic E-state index is 13.5. The molecule has 0 spiro atoms. The minimum Gasteiger partial charge on any atom is -0.492 e. The Balaban J connectivity index is 0.00000336. The highest BCUT2D eigenvalue weighted by Crippen LogP contribution is 2.37. The number of hydrogen-bond acceptors (Lipinski definition) is 8. The van der Waals surface area contributed by atoms with E-state index in [1.54, 1.807) is 0 Å². The minimum absolute atomic E-state index is 0. The lowest BCUT2D eigenvalue weighted by Crippen LogP contribution is -2.47. The second-order valence-electron chi connectivity index (χ2n) is 9.51. The van der Waals surface area contributed by atoms with Gasteiger partial charge < -0.3 is 19.4 Å². The number of benzene rings is 1. The Bertz CT molecular complexity index is 1240. The fourth-order valence-corrected chi connectivity index (χ4v) is 5.12. The SMILES string of the molecule is Cc1c(OCCN2CCN(C)CC2)cc(Cl)cc1N1CCN(c2ncnc3n[nH]c(C(F)(F)F)c23)CC1.Cl. The van der Waals surface area contributed by atoms with E-state index in [1.165, 1.54) is 6.33 Å². The summed E-state index contributed by atoms with van der Waals surface area (Å²) >= 11 is 6.46. The van der Waals surface area contributed by atoms with E-state index in [1.807, 2.05) is 24.0 Å². The van der Waals surface area contributed by atoms with Gasteiger partial charge in [0.15, 0.2) is 11.3 Å². The van der Waals surface area contributed by atoms with Gasteiger partial charge in [0.2, 0.25) is 0 Å². The molecule has 14 heteroatoms. The lowest BCUT2D eigenvalue weighted by atomic mass is 10.1. The number of nitrogens with one attached hydrogen (secondary N) is 1.